The molecule has 0 N–H and O–H groups in total. The number of rotatable bonds is 3. The van der Waals surface area contributed by atoms with Crippen LogP contribution in [0.1, 0.15) is 6.92 Å². The Kier molecular flexibility index (Phi) is 4.51. The van der Waals surface area contributed by atoms with E-state index in [0.717, 1.165) is 5.57 Å². The summed E-state index contributed by atoms with van der Waals surface area (Å²) in [6.07, 6.45) is 9.41. The van der Waals surface area contributed by atoms with E-state index in [9.17, 15) is 0 Å². The fourth-order valence-electron chi connectivity index (χ4n) is 0.363. The smallest absolute Gasteiger partial charge is 0.0404 e. The van der Waals surface area contributed by atoms with E-state index < -0.39 is 0 Å². The van der Waals surface area contributed by atoms with Gasteiger partial charge in [0.05, 0.1) is 0 Å². The van der Waals surface area contributed by atoms with Gasteiger partial charge in [0.25, 0.3) is 0 Å². The average Bonchev–Trinajstić information content (AvgIpc) is 1.80. The molecule has 0 fully saturated rings. The van der Waals surface area contributed by atoms with Crippen LogP contribution in [0.4, 0.5) is 0 Å². The summed E-state index contributed by atoms with van der Waals surface area (Å²) >= 11 is 0. The van der Waals surface area contributed by atoms with Crippen LogP contribution in [0.15, 0.2) is 49.1 Å². The van der Waals surface area contributed by atoms with Crippen molar-refractivity contribution in [2.24, 2.45) is 0 Å². The zero-order chi connectivity index (χ0) is 7.11. The molecule has 48 valence electrons. The van der Waals surface area contributed by atoms with Crippen LogP contribution in [0.25, 0.3) is 0 Å². The maximum absolute atomic E-state index is 3.71. The zero-order valence-electron chi connectivity index (χ0n) is 5.80. The fourth-order valence-corrected chi connectivity index (χ4v) is 0.363. The minimum Gasteiger partial charge on any atom is -0.0991 e. The fraction of sp³-hybridized carbons (Fsp3) is 0.111. The number of allylic oxidation sites excluding steroid dienone is 6. The Bertz CT molecular complexity index is 147. The van der Waals surface area contributed by atoms with Crippen molar-refractivity contribution in [1.82, 2.24) is 0 Å². The first-order chi connectivity index (χ1) is 4.27. The first-order valence-corrected chi connectivity index (χ1v) is 2.88. The Morgan fingerprint density at radius 2 is 1.89 bits per heavy atom. The first kappa shape index (κ1) is 7.96. The summed E-state index contributed by atoms with van der Waals surface area (Å²) in [5, 5.41) is 0. The molecule has 0 bridgehead atoms. The highest BCUT2D eigenvalue weighted by Crippen LogP contribution is 1.88. The maximum Gasteiger partial charge on any atom is -0.0404 e. The third-order valence-corrected chi connectivity index (χ3v) is 0.739. The van der Waals surface area contributed by atoms with Crippen molar-refractivity contribution in [2.75, 3.05) is 0 Å². The van der Waals surface area contributed by atoms with Crippen LogP contribution in [0.3, 0.4) is 0 Å². The van der Waals surface area contributed by atoms with Gasteiger partial charge in [-0.3, -0.25) is 0 Å². The summed E-state index contributed by atoms with van der Waals surface area (Å²) < 4.78 is 0. The molecule has 0 aliphatic rings. The predicted octanol–water partition coefficient (Wildman–Crippen LogP) is 2.86. The number of hydrogen-bond acceptors (Lipinski definition) is 0. The second-order valence-electron chi connectivity index (χ2n) is 1.83. The van der Waals surface area contributed by atoms with E-state index in [1.54, 1.807) is 6.08 Å². The molecule has 0 heteroatoms. The summed E-state index contributed by atoms with van der Waals surface area (Å²) in [5.41, 5.74) is 1.06. The summed E-state index contributed by atoms with van der Waals surface area (Å²) in [5.74, 6) is 0. The third kappa shape index (κ3) is 6.96. The van der Waals surface area contributed by atoms with Crippen LogP contribution in [-0.2, 0) is 0 Å². The number of hydrogen-bond donors (Lipinski definition) is 0. The minimum atomic E-state index is 1.06. The molecule has 0 aromatic carbocycles. The van der Waals surface area contributed by atoms with Crippen LogP contribution in [0, 0.1) is 0 Å². The first-order valence-electron chi connectivity index (χ1n) is 2.88. The highest BCUT2D eigenvalue weighted by atomic mass is 13.7. The van der Waals surface area contributed by atoms with Crippen LogP contribution in [0.2, 0.25) is 0 Å². The molecule has 0 aromatic heterocycles. The molecule has 0 nitrogen and oxygen atoms in total. The predicted molar refractivity (Wildman–Crippen MR) is 43.3 cm³/mol. The second-order valence-corrected chi connectivity index (χ2v) is 1.83. The van der Waals surface area contributed by atoms with Crippen LogP contribution in [0.5, 0.6) is 0 Å². The lowest BCUT2D eigenvalue weighted by Crippen LogP contribution is -1.57. The third-order valence-electron chi connectivity index (χ3n) is 0.739. The monoisotopic (exact) mass is 120 g/mol. The van der Waals surface area contributed by atoms with Gasteiger partial charge in [-0.05, 0) is 6.92 Å². The highest BCUT2D eigenvalue weighted by molar-refractivity contribution is 5.18. The molecule has 9 heavy (non-hydrogen) atoms. The molecule has 0 rings (SSSR count). The van der Waals surface area contributed by atoms with E-state index in [0.29, 0.717) is 0 Å². The average molecular weight is 120 g/mol. The van der Waals surface area contributed by atoms with E-state index in [2.05, 4.69) is 13.2 Å². The molecule has 0 heterocycles. The molecule has 0 atom stereocenters. The lowest BCUT2D eigenvalue weighted by molar-refractivity contribution is 1.56. The van der Waals surface area contributed by atoms with Crippen molar-refractivity contribution < 1.29 is 0 Å². The van der Waals surface area contributed by atoms with Gasteiger partial charge in [-0.15, -0.1) is 0 Å². The molecular weight excluding hydrogens is 108 g/mol. The maximum atomic E-state index is 3.71. The highest BCUT2D eigenvalue weighted by Gasteiger charge is 1.67. The van der Waals surface area contributed by atoms with Gasteiger partial charge in [-0.1, -0.05) is 49.1 Å². The zero-order valence-corrected chi connectivity index (χ0v) is 5.80. The van der Waals surface area contributed by atoms with Crippen LogP contribution >= 0.6 is 0 Å². The lowest BCUT2D eigenvalue weighted by atomic mass is 10.3. The van der Waals surface area contributed by atoms with Crippen molar-refractivity contribution >= 4 is 0 Å². The van der Waals surface area contributed by atoms with E-state index in [4.69, 9.17) is 0 Å². The molecule has 0 saturated carbocycles. The Labute approximate surface area is 56.9 Å². The summed E-state index contributed by atoms with van der Waals surface area (Å²) in [7, 11) is 0. The summed E-state index contributed by atoms with van der Waals surface area (Å²) in [4.78, 5) is 0. The van der Waals surface area contributed by atoms with E-state index in [1.807, 2.05) is 31.2 Å². The Balaban J connectivity index is 3.59. The van der Waals surface area contributed by atoms with Gasteiger partial charge in [0.1, 0.15) is 0 Å². The molecule has 0 amide bonds. The Morgan fingerprint density at radius 3 is 2.33 bits per heavy atom. The SMILES string of the molecule is C=C/C=C\C=C/C(=C)C. The minimum absolute atomic E-state index is 1.06. The van der Waals surface area contributed by atoms with Gasteiger partial charge in [-0.2, -0.15) is 0 Å². The van der Waals surface area contributed by atoms with Gasteiger partial charge in [-0.25, -0.2) is 0 Å². The van der Waals surface area contributed by atoms with Crippen molar-refractivity contribution in [1.29, 1.82) is 0 Å². The van der Waals surface area contributed by atoms with Gasteiger partial charge in [0.2, 0.25) is 0 Å². The topological polar surface area (TPSA) is 0 Å². The van der Waals surface area contributed by atoms with Crippen molar-refractivity contribution in [3.63, 3.8) is 0 Å². The second kappa shape index (κ2) is 5.10. The van der Waals surface area contributed by atoms with E-state index in [1.165, 1.54) is 0 Å². The Hall–Kier alpha value is -1.04. The van der Waals surface area contributed by atoms with Crippen molar-refractivity contribution in [2.45, 2.75) is 6.92 Å². The molecule has 0 spiro atoms. The van der Waals surface area contributed by atoms with Crippen LogP contribution in [-0.4, -0.2) is 0 Å². The Morgan fingerprint density at radius 1 is 1.22 bits per heavy atom. The molecular formula is C9H12. The van der Waals surface area contributed by atoms with Gasteiger partial charge in [0, 0.05) is 0 Å². The van der Waals surface area contributed by atoms with E-state index >= 15 is 0 Å². The normalized spacial score (nSPS) is 10.8. The largest absolute Gasteiger partial charge is 0.0991 e. The molecule has 0 aromatic rings. The molecule has 0 radical (unpaired) electrons. The molecule has 0 aliphatic carbocycles. The molecule has 0 saturated heterocycles. The van der Waals surface area contributed by atoms with Crippen molar-refractivity contribution in [3.05, 3.63) is 49.1 Å². The standard InChI is InChI=1S/C9H12/c1-4-5-6-7-8-9(2)3/h4-8H,1-2H2,3H3/b6-5-,8-7-. The molecule has 0 aliphatic heterocycles. The molecule has 0 unspecified atom stereocenters. The van der Waals surface area contributed by atoms with Crippen LogP contribution < -0.4 is 0 Å². The van der Waals surface area contributed by atoms with Crippen molar-refractivity contribution in [3.8, 4) is 0 Å². The van der Waals surface area contributed by atoms with Gasteiger partial charge in [0.15, 0.2) is 0 Å². The summed E-state index contributed by atoms with van der Waals surface area (Å²) in [6.45, 7) is 9.20. The summed E-state index contributed by atoms with van der Waals surface area (Å²) in [6, 6.07) is 0. The van der Waals surface area contributed by atoms with E-state index in [-0.39, 0.29) is 0 Å². The quantitative estimate of drug-likeness (QED) is 0.502. The van der Waals surface area contributed by atoms with Gasteiger partial charge >= 0.3 is 0 Å². The van der Waals surface area contributed by atoms with Gasteiger partial charge < -0.3 is 0 Å². The lowest BCUT2D eigenvalue weighted by Gasteiger charge is -1.78.